The fraction of sp³-hybridized carbons (Fsp3) is 0.800. The first-order valence-corrected chi connectivity index (χ1v) is 4.25. The van der Waals surface area contributed by atoms with Gasteiger partial charge >= 0.3 is 0 Å². The molecule has 1 saturated heterocycles. The molecule has 1 heterocycles. The zero-order valence-electron chi connectivity index (χ0n) is 5.04. The van der Waals surface area contributed by atoms with Gasteiger partial charge in [0.1, 0.15) is 10.7 Å². The first-order chi connectivity index (χ1) is 4.29. The molecule has 0 aromatic heterocycles. The molecule has 9 heavy (non-hydrogen) atoms. The SMILES string of the molecule is O=[SH](=O)[CH]C1CCCN1. The molecule has 0 aromatic rings. The molecular formula is C5H10NO2S. The van der Waals surface area contributed by atoms with Crippen LogP contribution >= 0.6 is 0 Å². The van der Waals surface area contributed by atoms with E-state index in [2.05, 4.69) is 5.32 Å². The summed E-state index contributed by atoms with van der Waals surface area (Å²) in [6, 6.07) is 0.117. The van der Waals surface area contributed by atoms with Gasteiger partial charge in [0, 0.05) is 6.04 Å². The lowest BCUT2D eigenvalue weighted by Gasteiger charge is -2.01. The van der Waals surface area contributed by atoms with Crippen LogP contribution in [0.2, 0.25) is 0 Å². The Morgan fingerprint density at radius 2 is 2.33 bits per heavy atom. The van der Waals surface area contributed by atoms with E-state index >= 15 is 0 Å². The molecule has 1 N–H and O–H groups in total. The van der Waals surface area contributed by atoms with E-state index in [0.717, 1.165) is 19.4 Å². The van der Waals surface area contributed by atoms with Gasteiger partial charge in [-0.2, -0.15) is 0 Å². The van der Waals surface area contributed by atoms with Crippen molar-refractivity contribution in [2.24, 2.45) is 0 Å². The van der Waals surface area contributed by atoms with Crippen LogP contribution in [0.15, 0.2) is 0 Å². The van der Waals surface area contributed by atoms with Crippen molar-refractivity contribution in [3.05, 3.63) is 5.75 Å². The van der Waals surface area contributed by atoms with Crippen LogP contribution in [0.25, 0.3) is 0 Å². The zero-order chi connectivity index (χ0) is 6.69. The molecule has 53 valence electrons. The summed E-state index contributed by atoms with van der Waals surface area (Å²) in [5, 5.41) is 3.05. The van der Waals surface area contributed by atoms with Crippen LogP contribution in [0.3, 0.4) is 0 Å². The van der Waals surface area contributed by atoms with E-state index in [1.807, 2.05) is 0 Å². The fourth-order valence-corrected chi connectivity index (χ4v) is 1.53. The highest BCUT2D eigenvalue weighted by Crippen LogP contribution is 2.06. The van der Waals surface area contributed by atoms with Gasteiger partial charge in [-0.05, 0) is 19.4 Å². The predicted molar refractivity (Wildman–Crippen MR) is 35.6 cm³/mol. The summed E-state index contributed by atoms with van der Waals surface area (Å²) < 4.78 is 20.2. The van der Waals surface area contributed by atoms with Gasteiger partial charge in [0.15, 0.2) is 0 Å². The zero-order valence-corrected chi connectivity index (χ0v) is 5.93. The highest BCUT2D eigenvalue weighted by molar-refractivity contribution is 7.74. The van der Waals surface area contributed by atoms with Gasteiger partial charge in [-0.3, -0.25) is 0 Å². The van der Waals surface area contributed by atoms with Crippen LogP contribution in [-0.4, -0.2) is 21.0 Å². The van der Waals surface area contributed by atoms with Crippen molar-refractivity contribution in [2.45, 2.75) is 18.9 Å². The van der Waals surface area contributed by atoms with E-state index in [1.165, 1.54) is 5.75 Å². The Balaban J connectivity index is 2.27. The van der Waals surface area contributed by atoms with Crippen LogP contribution in [0.5, 0.6) is 0 Å². The summed E-state index contributed by atoms with van der Waals surface area (Å²) in [7, 11) is -2.30. The molecule has 1 aliphatic heterocycles. The Morgan fingerprint density at radius 1 is 1.56 bits per heavy atom. The van der Waals surface area contributed by atoms with E-state index in [4.69, 9.17) is 0 Å². The molecule has 1 fully saturated rings. The third kappa shape index (κ3) is 2.32. The molecule has 0 aliphatic carbocycles. The lowest BCUT2D eigenvalue weighted by atomic mass is 10.3. The van der Waals surface area contributed by atoms with Crippen molar-refractivity contribution >= 4 is 10.7 Å². The average molecular weight is 148 g/mol. The molecule has 0 bridgehead atoms. The Kier molecular flexibility index (Phi) is 2.48. The normalized spacial score (nSPS) is 27.4. The second-order valence-corrected chi connectivity index (χ2v) is 3.01. The monoisotopic (exact) mass is 148 g/mol. The van der Waals surface area contributed by atoms with Gasteiger partial charge in [-0.1, -0.05) is 0 Å². The molecule has 1 atom stereocenters. The summed E-state index contributed by atoms with van der Waals surface area (Å²) >= 11 is 0. The minimum atomic E-state index is -2.30. The molecule has 1 unspecified atom stereocenters. The van der Waals surface area contributed by atoms with E-state index in [9.17, 15) is 8.42 Å². The number of rotatable bonds is 2. The molecule has 0 amide bonds. The Morgan fingerprint density at radius 3 is 2.78 bits per heavy atom. The highest BCUT2D eigenvalue weighted by Gasteiger charge is 2.14. The predicted octanol–water partition coefficient (Wildman–Crippen LogP) is -0.488. The summed E-state index contributed by atoms with van der Waals surface area (Å²) in [6.07, 6.45) is 2.05. The lowest BCUT2D eigenvalue weighted by Crippen LogP contribution is -2.21. The van der Waals surface area contributed by atoms with Crippen molar-refractivity contribution < 1.29 is 8.42 Å². The highest BCUT2D eigenvalue weighted by atomic mass is 32.2. The maximum absolute atomic E-state index is 10.1. The van der Waals surface area contributed by atoms with Crippen molar-refractivity contribution in [1.82, 2.24) is 5.32 Å². The number of nitrogens with one attached hydrogen (secondary N) is 1. The molecule has 3 nitrogen and oxygen atoms in total. The maximum Gasteiger partial charge on any atom is 0.145 e. The van der Waals surface area contributed by atoms with Gasteiger partial charge in [-0.15, -0.1) is 0 Å². The minimum absolute atomic E-state index is 0.117. The maximum atomic E-state index is 10.1. The quantitative estimate of drug-likeness (QED) is 0.519. The molecule has 1 radical (unpaired) electrons. The minimum Gasteiger partial charge on any atom is -0.313 e. The average Bonchev–Trinajstić information content (AvgIpc) is 2.15. The number of hydrogen-bond donors (Lipinski definition) is 2. The number of hydrogen-bond acceptors (Lipinski definition) is 3. The van der Waals surface area contributed by atoms with Gasteiger partial charge in [0.25, 0.3) is 0 Å². The fourth-order valence-electron chi connectivity index (χ4n) is 0.986. The van der Waals surface area contributed by atoms with E-state index in [1.54, 1.807) is 0 Å². The summed E-state index contributed by atoms with van der Waals surface area (Å²) in [5.41, 5.74) is 0. The van der Waals surface area contributed by atoms with Crippen LogP contribution < -0.4 is 5.32 Å². The topological polar surface area (TPSA) is 46.2 Å². The van der Waals surface area contributed by atoms with E-state index in [-0.39, 0.29) is 6.04 Å². The van der Waals surface area contributed by atoms with Gasteiger partial charge in [-0.25, -0.2) is 8.42 Å². The molecule has 4 heteroatoms. The first-order valence-electron chi connectivity index (χ1n) is 3.01. The molecular weight excluding hydrogens is 138 g/mol. The Labute approximate surface area is 56.4 Å². The molecule has 0 aromatic carbocycles. The molecule has 0 spiro atoms. The smallest absolute Gasteiger partial charge is 0.145 e. The Hall–Kier alpha value is -0.0900. The molecule has 0 saturated carbocycles. The third-order valence-corrected chi connectivity index (χ3v) is 2.00. The van der Waals surface area contributed by atoms with Crippen molar-refractivity contribution in [3.63, 3.8) is 0 Å². The van der Waals surface area contributed by atoms with Gasteiger partial charge in [0.05, 0.1) is 5.75 Å². The summed E-state index contributed by atoms with van der Waals surface area (Å²) in [4.78, 5) is 0. The number of thiol groups is 1. The lowest BCUT2D eigenvalue weighted by molar-refractivity contribution is 0.609. The standard InChI is InChI=1S/C5H10NO2S/c7-9(8)4-5-2-1-3-6-5/h4-6,9H,1-3H2. The Bertz CT molecular complexity index is 141. The van der Waals surface area contributed by atoms with Gasteiger partial charge in [0.2, 0.25) is 0 Å². The van der Waals surface area contributed by atoms with Gasteiger partial charge < -0.3 is 5.32 Å². The second kappa shape index (κ2) is 3.17. The molecule has 1 rings (SSSR count). The third-order valence-electron chi connectivity index (χ3n) is 1.40. The summed E-state index contributed by atoms with van der Waals surface area (Å²) in [6.45, 7) is 0.949. The van der Waals surface area contributed by atoms with E-state index < -0.39 is 10.7 Å². The van der Waals surface area contributed by atoms with Crippen molar-refractivity contribution in [3.8, 4) is 0 Å². The first kappa shape index (κ1) is 7.02. The summed E-state index contributed by atoms with van der Waals surface area (Å²) in [5.74, 6) is 1.35. The van der Waals surface area contributed by atoms with Crippen LogP contribution in [0.1, 0.15) is 12.8 Å². The largest absolute Gasteiger partial charge is 0.313 e. The van der Waals surface area contributed by atoms with Crippen LogP contribution in [0.4, 0.5) is 0 Å². The van der Waals surface area contributed by atoms with E-state index in [0.29, 0.717) is 0 Å². The van der Waals surface area contributed by atoms with Crippen LogP contribution in [0, 0.1) is 5.75 Å². The second-order valence-electron chi connectivity index (χ2n) is 2.14. The van der Waals surface area contributed by atoms with Crippen molar-refractivity contribution in [1.29, 1.82) is 0 Å². The molecule has 1 aliphatic rings. The van der Waals surface area contributed by atoms with Crippen LogP contribution in [-0.2, 0) is 10.7 Å². The van der Waals surface area contributed by atoms with Crippen molar-refractivity contribution in [2.75, 3.05) is 6.54 Å².